The van der Waals surface area contributed by atoms with Gasteiger partial charge in [0.15, 0.2) is 11.5 Å². The second-order valence-electron chi connectivity index (χ2n) is 6.65. The van der Waals surface area contributed by atoms with Crippen molar-refractivity contribution in [2.24, 2.45) is 0 Å². The van der Waals surface area contributed by atoms with Crippen LogP contribution in [-0.4, -0.2) is 23.6 Å². The molecule has 29 heavy (non-hydrogen) atoms. The molecule has 1 aliphatic heterocycles. The maximum Gasteiger partial charge on any atom is 0.274 e. The van der Waals surface area contributed by atoms with Gasteiger partial charge in [-0.1, -0.05) is 12.1 Å². The third kappa shape index (κ3) is 3.89. The molecule has 0 unspecified atom stereocenters. The molecule has 0 saturated carbocycles. The number of benzene rings is 2. The number of carbonyl (C=O) groups is 2. The average molecular weight is 389 g/mol. The van der Waals surface area contributed by atoms with Crippen molar-refractivity contribution in [1.29, 1.82) is 0 Å². The molecule has 1 aromatic heterocycles. The van der Waals surface area contributed by atoms with Gasteiger partial charge < -0.3 is 20.1 Å². The Morgan fingerprint density at radius 3 is 2.62 bits per heavy atom. The molecular weight excluding hydrogens is 370 g/mol. The van der Waals surface area contributed by atoms with Crippen LogP contribution in [-0.2, 0) is 0 Å². The third-order valence-electron chi connectivity index (χ3n) is 4.74. The van der Waals surface area contributed by atoms with Crippen LogP contribution in [0.15, 0.2) is 54.7 Å². The van der Waals surface area contributed by atoms with Crippen molar-refractivity contribution in [2.45, 2.75) is 13.8 Å². The molecule has 0 atom stereocenters. The average Bonchev–Trinajstić information content (AvgIpc) is 3.19. The van der Waals surface area contributed by atoms with Crippen LogP contribution in [0.1, 0.15) is 32.0 Å². The number of nitrogens with one attached hydrogen (secondary N) is 2. The quantitative estimate of drug-likeness (QED) is 0.706. The van der Waals surface area contributed by atoms with Gasteiger partial charge in [-0.3, -0.25) is 14.6 Å². The fourth-order valence-electron chi connectivity index (χ4n) is 2.95. The fourth-order valence-corrected chi connectivity index (χ4v) is 2.95. The van der Waals surface area contributed by atoms with Gasteiger partial charge in [0, 0.05) is 29.2 Å². The predicted molar refractivity (Wildman–Crippen MR) is 109 cm³/mol. The van der Waals surface area contributed by atoms with Crippen molar-refractivity contribution in [3.8, 4) is 11.5 Å². The van der Waals surface area contributed by atoms with Gasteiger partial charge in [-0.05, 0) is 55.3 Å². The zero-order valence-electron chi connectivity index (χ0n) is 16.0. The molecule has 1 aliphatic rings. The Hall–Kier alpha value is -3.87. The number of aromatic nitrogens is 1. The highest BCUT2D eigenvalue weighted by Gasteiger charge is 2.16. The Kier molecular flexibility index (Phi) is 4.87. The molecule has 146 valence electrons. The molecule has 7 heteroatoms. The number of carbonyl (C=O) groups excluding carboxylic acids is 2. The van der Waals surface area contributed by atoms with E-state index in [2.05, 4.69) is 15.6 Å². The van der Waals surface area contributed by atoms with E-state index < -0.39 is 5.91 Å². The van der Waals surface area contributed by atoms with Crippen molar-refractivity contribution in [3.63, 3.8) is 0 Å². The highest BCUT2D eigenvalue weighted by atomic mass is 16.7. The van der Waals surface area contributed by atoms with Crippen LogP contribution in [0.2, 0.25) is 0 Å². The molecule has 0 radical (unpaired) electrons. The summed E-state index contributed by atoms with van der Waals surface area (Å²) in [6.07, 6.45) is 1.44. The van der Waals surface area contributed by atoms with Crippen LogP contribution in [0.4, 0.5) is 11.4 Å². The van der Waals surface area contributed by atoms with Crippen LogP contribution < -0.4 is 20.1 Å². The molecule has 0 spiro atoms. The zero-order chi connectivity index (χ0) is 20.4. The zero-order valence-corrected chi connectivity index (χ0v) is 16.0. The maximum absolute atomic E-state index is 12.6. The van der Waals surface area contributed by atoms with Gasteiger partial charge in [0.2, 0.25) is 6.79 Å². The number of aryl methyl sites for hydroxylation is 1. The molecule has 3 aromatic rings. The van der Waals surface area contributed by atoms with E-state index in [4.69, 9.17) is 9.47 Å². The lowest BCUT2D eigenvalue weighted by Crippen LogP contribution is -2.17. The molecule has 0 aliphatic carbocycles. The minimum absolute atomic E-state index is 0.135. The van der Waals surface area contributed by atoms with Gasteiger partial charge in [0.05, 0.1) is 0 Å². The Morgan fingerprint density at radius 2 is 1.76 bits per heavy atom. The highest BCUT2D eigenvalue weighted by Crippen LogP contribution is 2.34. The molecule has 0 fully saturated rings. The summed E-state index contributed by atoms with van der Waals surface area (Å²) < 4.78 is 10.6. The number of hydrogen-bond donors (Lipinski definition) is 2. The van der Waals surface area contributed by atoms with E-state index in [1.165, 1.54) is 12.3 Å². The summed E-state index contributed by atoms with van der Waals surface area (Å²) in [5, 5.41) is 5.63. The van der Waals surface area contributed by atoms with Crippen molar-refractivity contribution in [1.82, 2.24) is 4.98 Å². The number of amides is 2. The van der Waals surface area contributed by atoms with E-state index in [0.717, 1.165) is 16.8 Å². The van der Waals surface area contributed by atoms with E-state index in [-0.39, 0.29) is 18.4 Å². The Labute approximate surface area is 167 Å². The highest BCUT2D eigenvalue weighted by molar-refractivity contribution is 6.08. The number of pyridine rings is 1. The van der Waals surface area contributed by atoms with Crippen molar-refractivity contribution in [2.75, 3.05) is 17.4 Å². The van der Waals surface area contributed by atoms with E-state index >= 15 is 0 Å². The molecule has 2 amide bonds. The maximum atomic E-state index is 12.6. The van der Waals surface area contributed by atoms with Gasteiger partial charge in [-0.15, -0.1) is 0 Å². The smallest absolute Gasteiger partial charge is 0.274 e. The van der Waals surface area contributed by atoms with E-state index in [9.17, 15) is 9.59 Å². The number of nitrogens with zero attached hydrogens (tertiary/aromatic N) is 1. The molecule has 0 bridgehead atoms. The lowest BCUT2D eigenvalue weighted by Gasteiger charge is -2.11. The topological polar surface area (TPSA) is 89.6 Å². The van der Waals surface area contributed by atoms with E-state index in [1.807, 2.05) is 32.0 Å². The monoisotopic (exact) mass is 389 g/mol. The Bertz CT molecular complexity index is 1110. The molecule has 7 nitrogen and oxygen atoms in total. The van der Waals surface area contributed by atoms with Crippen LogP contribution in [0.3, 0.4) is 0 Å². The first kappa shape index (κ1) is 18.5. The van der Waals surface area contributed by atoms with Gasteiger partial charge in [-0.2, -0.15) is 0 Å². The van der Waals surface area contributed by atoms with Crippen LogP contribution in [0.5, 0.6) is 11.5 Å². The lowest BCUT2D eigenvalue weighted by atomic mass is 10.1. The molecule has 0 saturated heterocycles. The molecular formula is C22H19N3O4. The van der Waals surface area contributed by atoms with Crippen molar-refractivity contribution in [3.05, 3.63) is 77.1 Å². The first-order valence-corrected chi connectivity index (χ1v) is 9.06. The molecule has 2 heterocycles. The summed E-state index contributed by atoms with van der Waals surface area (Å²) in [5.74, 6) is 0.465. The second-order valence-corrected chi connectivity index (χ2v) is 6.65. The SMILES string of the molecule is Cc1cccc(NC(=O)c2ccnc(C(=O)Nc3ccc4c(c3)OCO4)c2)c1C. The largest absolute Gasteiger partial charge is 0.454 e. The molecule has 2 N–H and O–H groups in total. The van der Waals surface area contributed by atoms with Gasteiger partial charge >= 0.3 is 0 Å². The Balaban J connectivity index is 1.49. The van der Waals surface area contributed by atoms with E-state index in [1.54, 1.807) is 24.3 Å². The first-order valence-electron chi connectivity index (χ1n) is 9.06. The summed E-state index contributed by atoms with van der Waals surface area (Å²) in [7, 11) is 0. The first-order chi connectivity index (χ1) is 14.0. The number of rotatable bonds is 4. The minimum Gasteiger partial charge on any atom is -0.454 e. The minimum atomic E-state index is -0.426. The standard InChI is InChI=1S/C22H19N3O4/c1-13-4-3-5-17(14(13)2)25-21(26)15-8-9-23-18(10-15)22(27)24-16-6-7-19-20(11-16)29-12-28-19/h3-11H,12H2,1-2H3,(H,24,27)(H,25,26). The Morgan fingerprint density at radius 1 is 0.931 bits per heavy atom. The number of ether oxygens (including phenoxy) is 2. The third-order valence-corrected chi connectivity index (χ3v) is 4.74. The molecule has 4 rings (SSSR count). The predicted octanol–water partition coefficient (Wildman–Crippen LogP) is 3.93. The molecule has 2 aromatic carbocycles. The summed E-state index contributed by atoms with van der Waals surface area (Å²) in [5.41, 5.74) is 3.84. The normalized spacial score (nSPS) is 11.8. The fraction of sp³-hybridized carbons (Fsp3) is 0.136. The number of fused-ring (bicyclic) bond motifs is 1. The summed E-state index contributed by atoms with van der Waals surface area (Å²) in [4.78, 5) is 29.3. The van der Waals surface area contributed by atoms with Crippen molar-refractivity contribution >= 4 is 23.2 Å². The summed E-state index contributed by atoms with van der Waals surface area (Å²) >= 11 is 0. The number of hydrogen-bond acceptors (Lipinski definition) is 5. The summed E-state index contributed by atoms with van der Waals surface area (Å²) in [6, 6.07) is 13.8. The van der Waals surface area contributed by atoms with Crippen LogP contribution in [0.25, 0.3) is 0 Å². The number of anilines is 2. The lowest BCUT2D eigenvalue weighted by molar-refractivity contribution is 0.102. The second kappa shape index (κ2) is 7.63. The van der Waals surface area contributed by atoms with Crippen molar-refractivity contribution < 1.29 is 19.1 Å². The van der Waals surface area contributed by atoms with E-state index in [0.29, 0.717) is 22.7 Å². The van der Waals surface area contributed by atoms with Gasteiger partial charge in [0.1, 0.15) is 5.69 Å². The van der Waals surface area contributed by atoms with Gasteiger partial charge in [-0.25, -0.2) is 0 Å². The summed E-state index contributed by atoms with van der Waals surface area (Å²) in [6.45, 7) is 4.09. The van der Waals surface area contributed by atoms with Gasteiger partial charge in [0.25, 0.3) is 11.8 Å². The van der Waals surface area contributed by atoms with Crippen LogP contribution >= 0.6 is 0 Å². The van der Waals surface area contributed by atoms with Crippen LogP contribution in [0, 0.1) is 13.8 Å².